The Kier molecular flexibility index (Phi) is 6.68. The van der Waals surface area contributed by atoms with E-state index in [4.69, 9.17) is 0 Å². The standard InChI is InChI=1S/C23H28N4O4S/c1-14(2)21(25-22-17-10-6-7-12-19(17)32(30,31)26-22)23(29)27(5)13-20(28)24-18-11-8-9-15(3)16(18)4/h6-12,14,21H,13H2,1-5H3,(H,24,28)(H,25,26)/t21-/m0/s1. The summed E-state index contributed by atoms with van der Waals surface area (Å²) in [4.78, 5) is 31.6. The molecule has 32 heavy (non-hydrogen) atoms. The highest BCUT2D eigenvalue weighted by Gasteiger charge is 2.33. The van der Waals surface area contributed by atoms with Gasteiger partial charge in [0.15, 0.2) is 0 Å². The van der Waals surface area contributed by atoms with Crippen molar-refractivity contribution in [2.45, 2.75) is 38.6 Å². The van der Waals surface area contributed by atoms with E-state index in [1.54, 1.807) is 18.2 Å². The number of sulfonamides is 1. The zero-order chi connectivity index (χ0) is 23.6. The maximum absolute atomic E-state index is 13.1. The second kappa shape index (κ2) is 9.12. The number of aryl methyl sites for hydroxylation is 1. The van der Waals surface area contributed by atoms with Gasteiger partial charge in [-0.3, -0.25) is 19.3 Å². The van der Waals surface area contributed by atoms with Crippen molar-refractivity contribution < 1.29 is 18.0 Å². The minimum Gasteiger partial charge on any atom is -0.335 e. The Hall–Kier alpha value is -3.20. The first-order valence-corrected chi connectivity index (χ1v) is 11.8. The lowest BCUT2D eigenvalue weighted by Gasteiger charge is -2.24. The van der Waals surface area contributed by atoms with E-state index < -0.39 is 16.1 Å². The number of nitrogens with one attached hydrogen (secondary N) is 2. The van der Waals surface area contributed by atoms with Crippen LogP contribution in [0.1, 0.15) is 30.5 Å². The van der Waals surface area contributed by atoms with Crippen molar-refractivity contribution in [3.8, 4) is 0 Å². The Morgan fingerprint density at radius 1 is 1.09 bits per heavy atom. The van der Waals surface area contributed by atoms with Gasteiger partial charge in [0.1, 0.15) is 11.9 Å². The molecule has 8 nitrogen and oxygen atoms in total. The van der Waals surface area contributed by atoms with Crippen molar-refractivity contribution in [3.05, 3.63) is 59.2 Å². The number of fused-ring (bicyclic) bond motifs is 1. The van der Waals surface area contributed by atoms with Crippen molar-refractivity contribution in [2.75, 3.05) is 18.9 Å². The molecule has 0 aliphatic carbocycles. The molecule has 2 aromatic carbocycles. The van der Waals surface area contributed by atoms with Gasteiger partial charge in [-0.25, -0.2) is 8.42 Å². The van der Waals surface area contributed by atoms with E-state index in [0.29, 0.717) is 11.3 Å². The van der Waals surface area contributed by atoms with E-state index in [9.17, 15) is 18.0 Å². The lowest BCUT2D eigenvalue weighted by Crippen LogP contribution is -2.43. The number of hydrogen-bond donors (Lipinski definition) is 2. The van der Waals surface area contributed by atoms with Crippen molar-refractivity contribution in [2.24, 2.45) is 10.9 Å². The summed E-state index contributed by atoms with van der Waals surface area (Å²) >= 11 is 0. The molecule has 1 aliphatic rings. The van der Waals surface area contributed by atoms with E-state index in [0.717, 1.165) is 11.1 Å². The fourth-order valence-electron chi connectivity index (χ4n) is 3.45. The van der Waals surface area contributed by atoms with Gasteiger partial charge in [-0.1, -0.05) is 38.1 Å². The maximum Gasteiger partial charge on any atom is 0.263 e. The number of hydrogen-bond acceptors (Lipinski definition) is 5. The molecule has 1 heterocycles. The average molecular weight is 457 g/mol. The highest BCUT2D eigenvalue weighted by Crippen LogP contribution is 2.24. The molecule has 1 aliphatic heterocycles. The normalized spacial score (nSPS) is 16.4. The maximum atomic E-state index is 13.1. The Morgan fingerprint density at radius 3 is 2.47 bits per heavy atom. The van der Waals surface area contributed by atoms with Crippen molar-refractivity contribution in [1.82, 2.24) is 9.62 Å². The van der Waals surface area contributed by atoms with Crippen LogP contribution < -0.4 is 10.0 Å². The summed E-state index contributed by atoms with van der Waals surface area (Å²) in [7, 11) is -2.17. The summed E-state index contributed by atoms with van der Waals surface area (Å²) in [5.74, 6) is -0.763. The van der Waals surface area contributed by atoms with Crippen LogP contribution in [0.15, 0.2) is 52.4 Å². The Balaban J connectivity index is 1.77. The van der Waals surface area contributed by atoms with Gasteiger partial charge >= 0.3 is 0 Å². The Bertz CT molecular complexity index is 1190. The number of aliphatic imine (C=N–C) groups is 1. The van der Waals surface area contributed by atoms with Crippen LogP contribution in [0.2, 0.25) is 0 Å². The van der Waals surface area contributed by atoms with Gasteiger partial charge in [-0.05, 0) is 49.1 Å². The van der Waals surface area contributed by atoms with Crippen LogP contribution in [-0.2, 0) is 19.6 Å². The minimum atomic E-state index is -3.70. The number of nitrogens with zero attached hydrogens (tertiary/aromatic N) is 2. The number of anilines is 1. The number of rotatable bonds is 6. The molecule has 0 saturated carbocycles. The van der Waals surface area contributed by atoms with Gasteiger partial charge in [0, 0.05) is 18.3 Å². The summed E-state index contributed by atoms with van der Waals surface area (Å²) < 4.78 is 27.1. The van der Waals surface area contributed by atoms with E-state index >= 15 is 0 Å². The number of carbonyl (C=O) groups is 2. The third kappa shape index (κ3) is 4.83. The van der Waals surface area contributed by atoms with Gasteiger partial charge in [-0.15, -0.1) is 0 Å². The number of amides is 2. The van der Waals surface area contributed by atoms with Gasteiger partial charge in [-0.2, -0.15) is 0 Å². The second-order valence-electron chi connectivity index (χ2n) is 8.26. The average Bonchev–Trinajstić information content (AvgIpc) is 2.99. The molecule has 170 valence electrons. The molecule has 2 N–H and O–H groups in total. The number of amidine groups is 1. The molecular formula is C23H28N4O4S. The summed E-state index contributed by atoms with van der Waals surface area (Å²) in [6, 6.07) is 11.3. The zero-order valence-electron chi connectivity index (χ0n) is 18.8. The van der Waals surface area contributed by atoms with Gasteiger partial charge in [0.25, 0.3) is 10.0 Å². The number of likely N-dealkylation sites (N-methyl/N-ethyl adjacent to an activating group) is 1. The second-order valence-corrected chi connectivity index (χ2v) is 9.91. The van der Waals surface area contributed by atoms with Crippen LogP contribution in [0.4, 0.5) is 5.69 Å². The lowest BCUT2D eigenvalue weighted by atomic mass is 10.0. The van der Waals surface area contributed by atoms with Crippen LogP contribution in [0, 0.1) is 19.8 Å². The minimum absolute atomic E-state index is 0.134. The van der Waals surface area contributed by atoms with Crippen LogP contribution in [0.25, 0.3) is 0 Å². The third-order valence-corrected chi connectivity index (χ3v) is 6.85. The largest absolute Gasteiger partial charge is 0.335 e. The first-order valence-electron chi connectivity index (χ1n) is 10.3. The molecule has 2 amide bonds. The fraction of sp³-hybridized carbons (Fsp3) is 0.348. The highest BCUT2D eigenvalue weighted by atomic mass is 32.2. The molecule has 0 saturated heterocycles. The monoisotopic (exact) mass is 456 g/mol. The Morgan fingerprint density at radius 2 is 1.78 bits per heavy atom. The van der Waals surface area contributed by atoms with Crippen LogP contribution in [0.5, 0.6) is 0 Å². The summed E-state index contributed by atoms with van der Waals surface area (Å²) in [5.41, 5.74) is 3.16. The molecule has 0 aromatic heterocycles. The number of benzene rings is 2. The summed E-state index contributed by atoms with van der Waals surface area (Å²) in [5, 5.41) is 2.84. The van der Waals surface area contributed by atoms with E-state index in [1.165, 1.54) is 18.0 Å². The van der Waals surface area contributed by atoms with Gasteiger partial charge in [0.05, 0.1) is 11.4 Å². The van der Waals surface area contributed by atoms with Gasteiger partial charge in [0.2, 0.25) is 11.8 Å². The quantitative estimate of drug-likeness (QED) is 0.696. The molecule has 0 radical (unpaired) electrons. The van der Waals surface area contributed by atoms with Crippen LogP contribution in [-0.4, -0.2) is 50.6 Å². The van der Waals surface area contributed by atoms with Gasteiger partial charge < -0.3 is 10.2 Å². The molecule has 2 aromatic rings. The molecule has 0 spiro atoms. The molecule has 0 unspecified atom stereocenters. The number of carbonyl (C=O) groups excluding carboxylic acids is 2. The SMILES string of the molecule is Cc1cccc(NC(=O)CN(C)C(=O)[C@@H](N=C2NS(=O)(=O)c3ccccc32)C(C)C)c1C. The molecule has 0 fully saturated rings. The summed E-state index contributed by atoms with van der Waals surface area (Å²) in [6.45, 7) is 7.38. The van der Waals surface area contributed by atoms with E-state index in [2.05, 4.69) is 15.0 Å². The lowest BCUT2D eigenvalue weighted by molar-refractivity contribution is -0.135. The molecule has 0 bridgehead atoms. The molecule has 3 rings (SSSR count). The zero-order valence-corrected chi connectivity index (χ0v) is 19.7. The van der Waals surface area contributed by atoms with E-state index in [-0.39, 0.29) is 35.0 Å². The van der Waals surface area contributed by atoms with Crippen LogP contribution >= 0.6 is 0 Å². The van der Waals surface area contributed by atoms with Crippen molar-refractivity contribution in [3.63, 3.8) is 0 Å². The Labute approximate surface area is 188 Å². The van der Waals surface area contributed by atoms with Crippen LogP contribution in [0.3, 0.4) is 0 Å². The predicted molar refractivity (Wildman–Crippen MR) is 124 cm³/mol. The molecule has 9 heteroatoms. The highest BCUT2D eigenvalue weighted by molar-refractivity contribution is 7.90. The van der Waals surface area contributed by atoms with Crippen molar-refractivity contribution in [1.29, 1.82) is 0 Å². The molecular weight excluding hydrogens is 428 g/mol. The first-order chi connectivity index (χ1) is 15.0. The first kappa shape index (κ1) is 23.5. The molecule has 1 atom stereocenters. The summed E-state index contributed by atoms with van der Waals surface area (Å²) in [6.07, 6.45) is 0. The predicted octanol–water partition coefficient (Wildman–Crippen LogP) is 2.46. The smallest absolute Gasteiger partial charge is 0.263 e. The topological polar surface area (TPSA) is 108 Å². The van der Waals surface area contributed by atoms with Crippen molar-refractivity contribution >= 4 is 33.4 Å². The fourth-order valence-corrected chi connectivity index (χ4v) is 4.69. The van der Waals surface area contributed by atoms with E-state index in [1.807, 2.05) is 45.9 Å². The third-order valence-electron chi connectivity index (χ3n) is 5.45.